The second-order valence-electron chi connectivity index (χ2n) is 7.93. The van der Waals surface area contributed by atoms with Gasteiger partial charge in [-0.25, -0.2) is 4.98 Å². The number of nitrogens with zero attached hydrogens (tertiary/aromatic N) is 6. The van der Waals surface area contributed by atoms with Gasteiger partial charge < -0.3 is 14.9 Å². The van der Waals surface area contributed by atoms with Crippen molar-refractivity contribution in [3.05, 3.63) is 30.1 Å². The fourth-order valence-corrected chi connectivity index (χ4v) is 4.35. The first-order valence-electron chi connectivity index (χ1n) is 10.7. The van der Waals surface area contributed by atoms with Crippen LogP contribution in [-0.4, -0.2) is 77.4 Å². The van der Waals surface area contributed by atoms with Gasteiger partial charge in [-0.2, -0.15) is 9.97 Å². The lowest BCUT2D eigenvalue weighted by molar-refractivity contribution is 0.204. The largest absolute Gasteiger partial charge is 0.395 e. The van der Waals surface area contributed by atoms with E-state index in [1.54, 1.807) is 0 Å². The maximum atomic E-state index is 9.24. The molecule has 3 heterocycles. The molecule has 0 unspecified atom stereocenters. The molecule has 2 aromatic rings. The van der Waals surface area contributed by atoms with Crippen molar-refractivity contribution < 1.29 is 5.11 Å². The fraction of sp³-hybridized carbons (Fsp3) is 0.571. The average Bonchev–Trinajstić information content (AvgIpc) is 3.20. The number of hydrogen-bond acceptors (Lipinski definition) is 7. The molecule has 0 bridgehead atoms. The normalized spacial score (nSPS) is 18.5. The zero-order valence-corrected chi connectivity index (χ0v) is 19.6. The van der Waals surface area contributed by atoms with Gasteiger partial charge in [-0.05, 0) is 50.1 Å². The number of β-amino-alcohol motifs (C(OH)–C–C–N with tert-alkyl or cyclic N) is 1. The molecule has 1 aromatic carbocycles. The van der Waals surface area contributed by atoms with E-state index in [-0.39, 0.29) is 12.4 Å². The molecule has 2 fully saturated rings. The predicted octanol–water partition coefficient (Wildman–Crippen LogP) is 3.47. The number of anilines is 2. The Morgan fingerprint density at radius 1 is 0.806 bits per heavy atom. The molecule has 0 amide bonds. The van der Waals surface area contributed by atoms with E-state index < -0.39 is 3.79 Å². The predicted molar refractivity (Wildman–Crippen MR) is 126 cm³/mol. The Hall–Kier alpha value is -1.38. The third kappa shape index (κ3) is 5.71. The number of rotatable bonds is 5. The number of alkyl halides is 3. The van der Waals surface area contributed by atoms with Crippen molar-refractivity contribution in [2.45, 2.75) is 23.1 Å². The van der Waals surface area contributed by atoms with Crippen LogP contribution >= 0.6 is 34.8 Å². The standard InChI is InChI=1S/C21H27Cl3N6O/c22-21(23,24)19-25-18(16-4-6-17(7-5-16)29-9-1-2-10-29)26-20(27-19)30-11-3-8-28(12-13-30)14-15-31/h4-7,31H,1-3,8-15H2. The molecule has 10 heteroatoms. The van der Waals surface area contributed by atoms with Crippen LogP contribution in [0.1, 0.15) is 25.1 Å². The van der Waals surface area contributed by atoms with Crippen LogP contribution in [0.15, 0.2) is 24.3 Å². The van der Waals surface area contributed by atoms with Crippen molar-refractivity contribution in [2.24, 2.45) is 0 Å². The summed E-state index contributed by atoms with van der Waals surface area (Å²) in [6.45, 7) is 6.26. The van der Waals surface area contributed by atoms with Crippen LogP contribution in [0.25, 0.3) is 11.4 Å². The molecule has 2 saturated heterocycles. The maximum absolute atomic E-state index is 9.24. The monoisotopic (exact) mass is 484 g/mol. The molecule has 0 spiro atoms. The topological polar surface area (TPSA) is 68.6 Å². The van der Waals surface area contributed by atoms with Gasteiger partial charge in [0.1, 0.15) is 0 Å². The van der Waals surface area contributed by atoms with Crippen LogP contribution in [0.4, 0.5) is 11.6 Å². The van der Waals surface area contributed by atoms with Crippen LogP contribution in [0, 0.1) is 0 Å². The highest BCUT2D eigenvalue weighted by Crippen LogP contribution is 2.37. The molecule has 168 valence electrons. The molecular weight excluding hydrogens is 459 g/mol. The minimum Gasteiger partial charge on any atom is -0.395 e. The van der Waals surface area contributed by atoms with Crippen LogP contribution in [0.5, 0.6) is 0 Å². The first-order valence-corrected chi connectivity index (χ1v) is 11.8. The van der Waals surface area contributed by atoms with E-state index >= 15 is 0 Å². The Kier molecular flexibility index (Phi) is 7.39. The summed E-state index contributed by atoms with van der Waals surface area (Å²) in [5.41, 5.74) is 2.06. The van der Waals surface area contributed by atoms with Crippen LogP contribution in [0.2, 0.25) is 0 Å². The SMILES string of the molecule is OCCN1CCCN(c2nc(-c3ccc(N4CCCC4)cc3)nc(C(Cl)(Cl)Cl)n2)CC1. The van der Waals surface area contributed by atoms with Gasteiger partial charge in [0, 0.05) is 50.5 Å². The zero-order chi connectivity index (χ0) is 21.8. The summed E-state index contributed by atoms with van der Waals surface area (Å²) >= 11 is 18.5. The van der Waals surface area contributed by atoms with E-state index in [0.29, 0.717) is 18.3 Å². The molecule has 7 nitrogen and oxygen atoms in total. The van der Waals surface area contributed by atoms with Crippen molar-refractivity contribution in [2.75, 3.05) is 62.2 Å². The fourth-order valence-electron chi connectivity index (χ4n) is 4.09. The van der Waals surface area contributed by atoms with Crippen molar-refractivity contribution >= 4 is 46.4 Å². The second kappa shape index (κ2) is 10.0. The van der Waals surface area contributed by atoms with Crippen molar-refractivity contribution in [3.63, 3.8) is 0 Å². The number of aliphatic hydroxyl groups excluding tert-OH is 1. The van der Waals surface area contributed by atoms with Crippen molar-refractivity contribution in [1.29, 1.82) is 0 Å². The Morgan fingerprint density at radius 3 is 2.19 bits per heavy atom. The lowest BCUT2D eigenvalue weighted by Crippen LogP contribution is -2.33. The van der Waals surface area contributed by atoms with E-state index in [2.05, 4.69) is 36.8 Å². The van der Waals surface area contributed by atoms with E-state index in [0.717, 1.165) is 51.3 Å². The van der Waals surface area contributed by atoms with Gasteiger partial charge in [0.15, 0.2) is 11.6 Å². The second-order valence-corrected chi connectivity index (χ2v) is 10.2. The average molecular weight is 486 g/mol. The maximum Gasteiger partial charge on any atom is 0.250 e. The summed E-state index contributed by atoms with van der Waals surface area (Å²) in [5.74, 6) is 1.13. The summed E-state index contributed by atoms with van der Waals surface area (Å²) in [6.07, 6.45) is 3.40. The number of aliphatic hydroxyl groups is 1. The highest BCUT2D eigenvalue weighted by molar-refractivity contribution is 6.66. The molecule has 0 saturated carbocycles. The minimum absolute atomic E-state index is 0.123. The lowest BCUT2D eigenvalue weighted by atomic mass is 10.2. The first-order chi connectivity index (χ1) is 14.9. The molecule has 31 heavy (non-hydrogen) atoms. The highest BCUT2D eigenvalue weighted by Gasteiger charge is 2.30. The van der Waals surface area contributed by atoms with Crippen molar-refractivity contribution in [1.82, 2.24) is 19.9 Å². The Labute approximate surface area is 197 Å². The van der Waals surface area contributed by atoms with Crippen LogP contribution in [-0.2, 0) is 3.79 Å². The van der Waals surface area contributed by atoms with E-state index in [9.17, 15) is 5.11 Å². The van der Waals surface area contributed by atoms with Crippen LogP contribution < -0.4 is 9.80 Å². The summed E-state index contributed by atoms with van der Waals surface area (Å²) in [7, 11) is 0. The smallest absolute Gasteiger partial charge is 0.250 e. The lowest BCUT2D eigenvalue weighted by Gasteiger charge is -2.23. The van der Waals surface area contributed by atoms with Crippen LogP contribution in [0.3, 0.4) is 0 Å². The molecule has 1 aromatic heterocycles. The summed E-state index contributed by atoms with van der Waals surface area (Å²) in [6, 6.07) is 8.22. The Morgan fingerprint density at radius 2 is 1.52 bits per heavy atom. The number of aromatic nitrogens is 3. The molecule has 4 rings (SSSR count). The van der Waals surface area contributed by atoms with Gasteiger partial charge in [-0.1, -0.05) is 34.8 Å². The zero-order valence-electron chi connectivity index (χ0n) is 17.4. The first kappa shape index (κ1) is 22.8. The van der Waals surface area contributed by atoms with E-state index in [1.807, 2.05) is 12.1 Å². The molecular formula is C21H27Cl3N6O. The number of hydrogen-bond donors (Lipinski definition) is 1. The Bertz CT molecular complexity index is 870. The molecule has 0 aliphatic carbocycles. The van der Waals surface area contributed by atoms with Gasteiger partial charge in [0.2, 0.25) is 9.74 Å². The third-order valence-corrected chi connectivity index (χ3v) is 6.27. The van der Waals surface area contributed by atoms with Gasteiger partial charge in [-0.3, -0.25) is 4.90 Å². The summed E-state index contributed by atoms with van der Waals surface area (Å²) in [4.78, 5) is 20.4. The van der Waals surface area contributed by atoms with Crippen molar-refractivity contribution in [3.8, 4) is 11.4 Å². The molecule has 1 N–H and O–H groups in total. The van der Waals surface area contributed by atoms with Gasteiger partial charge in [-0.15, -0.1) is 0 Å². The minimum atomic E-state index is -1.74. The number of benzene rings is 1. The highest BCUT2D eigenvalue weighted by atomic mass is 35.6. The molecule has 0 atom stereocenters. The quantitative estimate of drug-likeness (QED) is 0.650. The van der Waals surface area contributed by atoms with E-state index in [4.69, 9.17) is 39.8 Å². The van der Waals surface area contributed by atoms with Gasteiger partial charge in [0.25, 0.3) is 0 Å². The Balaban J connectivity index is 1.62. The third-order valence-electron chi connectivity index (χ3n) is 5.76. The molecule has 0 radical (unpaired) electrons. The summed E-state index contributed by atoms with van der Waals surface area (Å²) < 4.78 is -1.74. The summed E-state index contributed by atoms with van der Waals surface area (Å²) in [5, 5.41) is 9.24. The number of halogens is 3. The molecule has 2 aliphatic rings. The van der Waals surface area contributed by atoms with Gasteiger partial charge in [0.05, 0.1) is 6.61 Å². The van der Waals surface area contributed by atoms with Gasteiger partial charge >= 0.3 is 0 Å². The van der Waals surface area contributed by atoms with E-state index in [1.165, 1.54) is 18.5 Å². The molecule has 2 aliphatic heterocycles.